The fourth-order valence-corrected chi connectivity index (χ4v) is 6.15. The second kappa shape index (κ2) is 4.46. The molecule has 0 aromatic heterocycles. The molecule has 0 N–H and O–H groups in total. The number of hydrogen-bond acceptors (Lipinski definition) is 3. The van der Waals surface area contributed by atoms with Crippen LogP contribution in [-0.4, -0.2) is 38.1 Å². The number of rotatable bonds is 4. The molecule has 4 aliphatic rings. The van der Waals surface area contributed by atoms with Crippen LogP contribution in [0.25, 0.3) is 0 Å². The smallest absolute Gasteiger partial charge is 0.312 e. The van der Waals surface area contributed by atoms with Crippen LogP contribution in [0.4, 0.5) is 0 Å². The zero-order valence-corrected chi connectivity index (χ0v) is 13.5. The Bertz CT molecular complexity index is 399. The predicted molar refractivity (Wildman–Crippen MR) is 79.4 cm³/mol. The lowest BCUT2D eigenvalue weighted by Gasteiger charge is -2.64. The van der Waals surface area contributed by atoms with Crippen LogP contribution in [0.1, 0.15) is 52.4 Å². The first kappa shape index (κ1) is 14.4. The van der Waals surface area contributed by atoms with E-state index in [1.54, 1.807) is 0 Å². The molecule has 0 aromatic rings. The van der Waals surface area contributed by atoms with E-state index in [2.05, 4.69) is 18.7 Å². The summed E-state index contributed by atoms with van der Waals surface area (Å²) in [5, 5.41) is 0. The number of likely N-dealkylation sites (N-methyl/N-ethyl adjacent to an activating group) is 1. The molecule has 2 atom stereocenters. The highest BCUT2D eigenvalue weighted by molar-refractivity contribution is 5.77. The fourth-order valence-electron chi connectivity index (χ4n) is 6.15. The van der Waals surface area contributed by atoms with E-state index < -0.39 is 0 Å². The van der Waals surface area contributed by atoms with Crippen molar-refractivity contribution in [3.8, 4) is 0 Å². The standard InChI is InChI=1S/C17H29NO2/c1-15-7-13-8-16(2,10-15)12-17(9-13,11-15)14(19)20-6-5-18(3)4/h13H,5-12H2,1-4H3/t13?,15-,16-,17?/m0/s1. The number of hydrogen-bond donors (Lipinski definition) is 0. The van der Waals surface area contributed by atoms with Crippen molar-refractivity contribution in [2.45, 2.75) is 52.4 Å². The summed E-state index contributed by atoms with van der Waals surface area (Å²) in [6.45, 7) is 6.15. The van der Waals surface area contributed by atoms with Crippen LogP contribution in [0.15, 0.2) is 0 Å². The summed E-state index contributed by atoms with van der Waals surface area (Å²) in [7, 11) is 4.03. The maximum Gasteiger partial charge on any atom is 0.312 e. The van der Waals surface area contributed by atoms with Crippen LogP contribution in [0, 0.1) is 22.2 Å². The summed E-state index contributed by atoms with van der Waals surface area (Å²) < 4.78 is 5.65. The second-order valence-corrected chi connectivity index (χ2v) is 8.85. The van der Waals surface area contributed by atoms with Crippen LogP contribution in [0.3, 0.4) is 0 Å². The van der Waals surface area contributed by atoms with Crippen LogP contribution >= 0.6 is 0 Å². The van der Waals surface area contributed by atoms with Gasteiger partial charge in [-0.3, -0.25) is 4.79 Å². The average Bonchev–Trinajstić information content (AvgIpc) is 2.22. The van der Waals surface area contributed by atoms with Crippen molar-refractivity contribution < 1.29 is 9.53 Å². The molecule has 4 aliphatic carbocycles. The molecule has 114 valence electrons. The monoisotopic (exact) mass is 279 g/mol. The van der Waals surface area contributed by atoms with Gasteiger partial charge in [0, 0.05) is 6.54 Å². The second-order valence-electron chi connectivity index (χ2n) is 8.85. The summed E-state index contributed by atoms with van der Waals surface area (Å²) in [4.78, 5) is 14.8. The predicted octanol–water partition coefficient (Wildman–Crippen LogP) is 3.09. The minimum absolute atomic E-state index is 0.0981. The summed E-state index contributed by atoms with van der Waals surface area (Å²) in [6.07, 6.45) is 7.17. The lowest BCUT2D eigenvalue weighted by Crippen LogP contribution is -2.58. The molecule has 4 rings (SSSR count). The SMILES string of the molecule is CN(C)CCOC(=O)C12CC3C[C@](C)(C1)C[C@](C)(C3)C2. The third kappa shape index (κ3) is 2.38. The number of nitrogens with zero attached hydrogens (tertiary/aromatic N) is 1. The van der Waals surface area contributed by atoms with Gasteiger partial charge < -0.3 is 9.64 Å². The molecule has 0 heterocycles. The van der Waals surface area contributed by atoms with Gasteiger partial charge in [-0.05, 0) is 69.4 Å². The van der Waals surface area contributed by atoms with Gasteiger partial charge >= 0.3 is 5.97 Å². The van der Waals surface area contributed by atoms with Crippen LogP contribution < -0.4 is 0 Å². The minimum Gasteiger partial charge on any atom is -0.464 e. The Kier molecular flexibility index (Phi) is 3.20. The highest BCUT2D eigenvalue weighted by atomic mass is 16.5. The molecule has 0 radical (unpaired) electrons. The first-order chi connectivity index (χ1) is 9.24. The number of carbonyl (C=O) groups is 1. The molecule has 4 saturated carbocycles. The number of esters is 1. The van der Waals surface area contributed by atoms with Crippen molar-refractivity contribution in [2.75, 3.05) is 27.2 Å². The Morgan fingerprint density at radius 1 is 1.10 bits per heavy atom. The fraction of sp³-hybridized carbons (Fsp3) is 0.941. The summed E-state index contributed by atoms with van der Waals surface area (Å²) in [5.74, 6) is 0.851. The maximum atomic E-state index is 12.7. The summed E-state index contributed by atoms with van der Waals surface area (Å²) in [6, 6.07) is 0. The van der Waals surface area contributed by atoms with Gasteiger partial charge in [0.2, 0.25) is 0 Å². The molecular weight excluding hydrogens is 250 g/mol. The van der Waals surface area contributed by atoms with E-state index in [0.29, 0.717) is 17.4 Å². The molecule has 0 spiro atoms. The van der Waals surface area contributed by atoms with Gasteiger partial charge in [-0.2, -0.15) is 0 Å². The first-order valence-electron chi connectivity index (χ1n) is 8.06. The molecule has 0 aromatic carbocycles. The van der Waals surface area contributed by atoms with E-state index >= 15 is 0 Å². The van der Waals surface area contributed by atoms with E-state index in [0.717, 1.165) is 31.7 Å². The molecule has 4 bridgehead atoms. The van der Waals surface area contributed by atoms with Gasteiger partial charge in [-0.15, -0.1) is 0 Å². The zero-order chi connectivity index (χ0) is 14.6. The van der Waals surface area contributed by atoms with Gasteiger partial charge in [-0.1, -0.05) is 13.8 Å². The van der Waals surface area contributed by atoms with Gasteiger partial charge in [0.15, 0.2) is 0 Å². The molecule has 0 saturated heterocycles. The molecule has 4 fully saturated rings. The Morgan fingerprint density at radius 3 is 2.20 bits per heavy atom. The highest BCUT2D eigenvalue weighted by Gasteiger charge is 2.63. The van der Waals surface area contributed by atoms with Gasteiger partial charge in [0.25, 0.3) is 0 Å². The average molecular weight is 279 g/mol. The zero-order valence-electron chi connectivity index (χ0n) is 13.5. The lowest BCUT2D eigenvalue weighted by molar-refractivity contribution is -0.191. The molecule has 0 amide bonds. The van der Waals surface area contributed by atoms with E-state index in [1.807, 2.05) is 14.1 Å². The van der Waals surface area contributed by atoms with E-state index in [4.69, 9.17) is 4.74 Å². The summed E-state index contributed by atoms with van der Waals surface area (Å²) >= 11 is 0. The largest absolute Gasteiger partial charge is 0.464 e. The third-order valence-corrected chi connectivity index (χ3v) is 5.83. The minimum atomic E-state index is -0.158. The van der Waals surface area contributed by atoms with E-state index in [1.165, 1.54) is 19.3 Å². The van der Waals surface area contributed by atoms with Crippen molar-refractivity contribution in [3.63, 3.8) is 0 Å². The molecule has 20 heavy (non-hydrogen) atoms. The van der Waals surface area contributed by atoms with Crippen LogP contribution in [0.5, 0.6) is 0 Å². The Hall–Kier alpha value is -0.570. The van der Waals surface area contributed by atoms with Gasteiger partial charge in [0.05, 0.1) is 5.41 Å². The molecule has 0 unspecified atom stereocenters. The Morgan fingerprint density at radius 2 is 1.70 bits per heavy atom. The van der Waals surface area contributed by atoms with Crippen LogP contribution in [-0.2, 0) is 9.53 Å². The number of carbonyl (C=O) groups excluding carboxylic acids is 1. The van der Waals surface area contributed by atoms with E-state index in [9.17, 15) is 4.79 Å². The Balaban J connectivity index is 1.73. The normalized spacial score (nSPS) is 46.0. The maximum absolute atomic E-state index is 12.7. The molecule has 3 nitrogen and oxygen atoms in total. The molecular formula is C17H29NO2. The van der Waals surface area contributed by atoms with Crippen LogP contribution in [0.2, 0.25) is 0 Å². The molecule has 3 heteroatoms. The quantitative estimate of drug-likeness (QED) is 0.741. The van der Waals surface area contributed by atoms with Crippen molar-refractivity contribution in [3.05, 3.63) is 0 Å². The Labute approximate surface area is 123 Å². The molecule has 0 aliphatic heterocycles. The number of ether oxygens (including phenoxy) is 1. The topological polar surface area (TPSA) is 29.5 Å². The summed E-state index contributed by atoms with van der Waals surface area (Å²) in [5.41, 5.74) is 0.610. The first-order valence-corrected chi connectivity index (χ1v) is 8.06. The third-order valence-electron chi connectivity index (χ3n) is 5.83. The van der Waals surface area contributed by atoms with Crippen molar-refractivity contribution in [1.82, 2.24) is 4.90 Å². The van der Waals surface area contributed by atoms with Crippen molar-refractivity contribution in [2.24, 2.45) is 22.2 Å². The highest BCUT2D eigenvalue weighted by Crippen LogP contribution is 2.69. The van der Waals surface area contributed by atoms with Crippen molar-refractivity contribution in [1.29, 1.82) is 0 Å². The van der Waals surface area contributed by atoms with Gasteiger partial charge in [0.1, 0.15) is 6.61 Å². The lowest BCUT2D eigenvalue weighted by atomic mass is 9.40. The van der Waals surface area contributed by atoms with Gasteiger partial charge in [-0.25, -0.2) is 0 Å². The van der Waals surface area contributed by atoms with Crippen molar-refractivity contribution >= 4 is 5.97 Å². The van der Waals surface area contributed by atoms with E-state index in [-0.39, 0.29) is 11.4 Å².